The van der Waals surface area contributed by atoms with Crippen LogP contribution in [-0.2, 0) is 6.42 Å². The minimum Gasteiger partial charge on any atom is -0.317 e. The first-order valence-corrected chi connectivity index (χ1v) is 7.33. The fourth-order valence-electron chi connectivity index (χ4n) is 3.29. The van der Waals surface area contributed by atoms with Gasteiger partial charge in [-0.3, -0.25) is 9.78 Å². The van der Waals surface area contributed by atoms with Gasteiger partial charge in [0.05, 0.1) is 5.52 Å². The number of carbonyl (C=O) groups is 1. The Bertz CT molecular complexity index is 861. The van der Waals surface area contributed by atoms with Crippen molar-refractivity contribution in [1.29, 1.82) is 0 Å². The monoisotopic (exact) mass is 276 g/mol. The molecule has 0 saturated heterocycles. The molecule has 0 fully saturated rings. The molecular weight excluding hydrogens is 260 g/mol. The van der Waals surface area contributed by atoms with Gasteiger partial charge in [0.2, 0.25) is 0 Å². The van der Waals surface area contributed by atoms with Gasteiger partial charge in [0.15, 0.2) is 5.78 Å². The first-order chi connectivity index (χ1) is 10.2. The van der Waals surface area contributed by atoms with Gasteiger partial charge in [0.25, 0.3) is 0 Å². The molecule has 3 heteroatoms. The predicted molar refractivity (Wildman–Crippen MR) is 83.1 cm³/mol. The van der Waals surface area contributed by atoms with Crippen LogP contribution in [0.15, 0.2) is 42.6 Å². The Hall–Kier alpha value is -2.42. The van der Waals surface area contributed by atoms with Crippen molar-refractivity contribution in [3.8, 4) is 5.69 Å². The number of nitrogens with zero attached hydrogens (tertiary/aromatic N) is 2. The molecule has 0 bridgehead atoms. The maximum Gasteiger partial charge on any atom is 0.164 e. The summed E-state index contributed by atoms with van der Waals surface area (Å²) in [5, 5.41) is 1.12. The van der Waals surface area contributed by atoms with Crippen LogP contribution in [0.25, 0.3) is 16.6 Å². The van der Waals surface area contributed by atoms with E-state index in [4.69, 9.17) is 0 Å². The molecule has 104 valence electrons. The first kappa shape index (κ1) is 12.3. The van der Waals surface area contributed by atoms with Crippen LogP contribution in [0.3, 0.4) is 0 Å². The molecule has 2 aromatic heterocycles. The fourth-order valence-corrected chi connectivity index (χ4v) is 3.29. The summed E-state index contributed by atoms with van der Waals surface area (Å²) in [7, 11) is 0. The number of aromatic nitrogens is 2. The zero-order valence-corrected chi connectivity index (χ0v) is 12.0. The van der Waals surface area contributed by atoms with Crippen molar-refractivity contribution < 1.29 is 4.79 Å². The molecule has 0 radical (unpaired) electrons. The molecule has 1 aliphatic rings. The molecule has 4 rings (SSSR count). The third-order valence-electron chi connectivity index (χ3n) is 4.25. The van der Waals surface area contributed by atoms with E-state index in [0.29, 0.717) is 6.42 Å². The lowest BCUT2D eigenvalue weighted by molar-refractivity contribution is 0.0972. The minimum atomic E-state index is 0.278. The number of hydrogen-bond donors (Lipinski definition) is 0. The summed E-state index contributed by atoms with van der Waals surface area (Å²) in [6.45, 7) is 2.07. The molecule has 3 aromatic rings. The number of pyridine rings is 1. The van der Waals surface area contributed by atoms with Crippen LogP contribution < -0.4 is 0 Å². The summed E-state index contributed by atoms with van der Waals surface area (Å²) in [5.41, 5.74) is 5.30. The minimum absolute atomic E-state index is 0.278. The summed E-state index contributed by atoms with van der Waals surface area (Å²) in [6.07, 6.45) is 4.41. The Labute approximate surface area is 123 Å². The Morgan fingerprint density at radius 3 is 2.95 bits per heavy atom. The summed E-state index contributed by atoms with van der Waals surface area (Å²) >= 11 is 0. The average molecular weight is 276 g/mol. The zero-order valence-electron chi connectivity index (χ0n) is 12.0. The van der Waals surface area contributed by atoms with E-state index < -0.39 is 0 Å². The average Bonchev–Trinajstić information content (AvgIpc) is 2.84. The number of rotatable bonds is 1. The highest BCUT2D eigenvalue weighted by atomic mass is 16.1. The second kappa shape index (κ2) is 4.55. The van der Waals surface area contributed by atoms with E-state index in [9.17, 15) is 4.79 Å². The van der Waals surface area contributed by atoms with Gasteiger partial charge in [-0.25, -0.2) is 0 Å². The van der Waals surface area contributed by atoms with Gasteiger partial charge in [-0.15, -0.1) is 0 Å². The molecule has 0 atom stereocenters. The molecule has 1 aromatic carbocycles. The van der Waals surface area contributed by atoms with E-state index in [2.05, 4.69) is 34.7 Å². The van der Waals surface area contributed by atoms with Crippen LogP contribution in [0.4, 0.5) is 0 Å². The summed E-state index contributed by atoms with van der Waals surface area (Å²) in [4.78, 5) is 16.4. The summed E-state index contributed by atoms with van der Waals surface area (Å²) in [6, 6.07) is 12.3. The van der Waals surface area contributed by atoms with Crippen LogP contribution in [0.1, 0.15) is 34.6 Å². The topological polar surface area (TPSA) is 34.9 Å². The van der Waals surface area contributed by atoms with E-state index in [0.717, 1.165) is 46.4 Å². The molecule has 2 heterocycles. The summed E-state index contributed by atoms with van der Waals surface area (Å²) in [5.74, 6) is 0.278. The molecule has 1 aliphatic carbocycles. The van der Waals surface area contributed by atoms with E-state index in [1.165, 1.54) is 0 Å². The van der Waals surface area contributed by atoms with Crippen molar-refractivity contribution in [3.63, 3.8) is 0 Å². The molecular formula is C18H16N2O. The lowest BCUT2D eigenvalue weighted by Gasteiger charge is -2.16. The number of carbonyl (C=O) groups excluding carboxylic acids is 1. The highest BCUT2D eigenvalue weighted by Gasteiger charge is 2.23. The lowest BCUT2D eigenvalue weighted by atomic mass is 9.96. The molecule has 0 unspecified atom stereocenters. The molecule has 0 N–H and O–H groups in total. The van der Waals surface area contributed by atoms with Crippen LogP contribution >= 0.6 is 0 Å². The smallest absolute Gasteiger partial charge is 0.164 e. The van der Waals surface area contributed by atoms with Gasteiger partial charge in [-0.05, 0) is 50.1 Å². The number of benzene rings is 1. The SMILES string of the molecule is Cc1cc2c(n1-c1ccc3ncccc3c1)CCCC2=O. The number of hydrogen-bond acceptors (Lipinski definition) is 2. The maximum absolute atomic E-state index is 12.1. The zero-order chi connectivity index (χ0) is 14.4. The van der Waals surface area contributed by atoms with Crippen molar-refractivity contribution >= 4 is 16.7 Å². The van der Waals surface area contributed by atoms with Crippen molar-refractivity contribution in [3.05, 3.63) is 59.5 Å². The third kappa shape index (κ3) is 1.88. The highest BCUT2D eigenvalue weighted by Crippen LogP contribution is 2.29. The maximum atomic E-state index is 12.1. The van der Waals surface area contributed by atoms with Crippen LogP contribution in [0.5, 0.6) is 0 Å². The molecule has 0 amide bonds. The standard InChI is InChI=1S/C18H16N2O/c1-12-10-15-17(5-2-6-18(15)21)20(12)14-7-8-16-13(11-14)4-3-9-19-16/h3-4,7-11H,2,5-6H2,1H3. The Balaban J connectivity index is 1.94. The molecule has 0 saturated carbocycles. The van der Waals surface area contributed by atoms with E-state index in [1.54, 1.807) is 0 Å². The highest BCUT2D eigenvalue weighted by molar-refractivity contribution is 5.98. The van der Waals surface area contributed by atoms with Gasteiger partial charge in [-0.1, -0.05) is 6.07 Å². The fraction of sp³-hybridized carbons (Fsp3) is 0.222. The second-order valence-electron chi connectivity index (χ2n) is 5.64. The van der Waals surface area contributed by atoms with Crippen molar-refractivity contribution in [2.75, 3.05) is 0 Å². The lowest BCUT2D eigenvalue weighted by Crippen LogP contribution is -2.12. The number of aryl methyl sites for hydroxylation is 1. The molecule has 21 heavy (non-hydrogen) atoms. The predicted octanol–water partition coefficient (Wildman–Crippen LogP) is 3.85. The van der Waals surface area contributed by atoms with Crippen LogP contribution in [0, 0.1) is 6.92 Å². The van der Waals surface area contributed by atoms with Gasteiger partial charge in [0.1, 0.15) is 0 Å². The Kier molecular flexibility index (Phi) is 2.67. The van der Waals surface area contributed by atoms with Crippen LogP contribution in [0.2, 0.25) is 0 Å². The van der Waals surface area contributed by atoms with Gasteiger partial charge in [-0.2, -0.15) is 0 Å². The Morgan fingerprint density at radius 2 is 2.05 bits per heavy atom. The van der Waals surface area contributed by atoms with Crippen molar-refractivity contribution in [1.82, 2.24) is 9.55 Å². The number of Topliss-reactive ketones (excluding diaryl/α,β-unsaturated/α-hetero) is 1. The quantitative estimate of drug-likeness (QED) is 0.676. The largest absolute Gasteiger partial charge is 0.317 e. The second-order valence-corrected chi connectivity index (χ2v) is 5.64. The van der Waals surface area contributed by atoms with Crippen molar-refractivity contribution in [2.45, 2.75) is 26.2 Å². The molecule has 3 nitrogen and oxygen atoms in total. The first-order valence-electron chi connectivity index (χ1n) is 7.33. The Morgan fingerprint density at radius 1 is 1.14 bits per heavy atom. The summed E-state index contributed by atoms with van der Waals surface area (Å²) < 4.78 is 2.22. The van der Waals surface area contributed by atoms with E-state index in [1.807, 2.05) is 24.4 Å². The van der Waals surface area contributed by atoms with Gasteiger partial charge >= 0.3 is 0 Å². The van der Waals surface area contributed by atoms with Gasteiger partial charge in [0, 0.05) is 40.6 Å². The normalized spacial score (nSPS) is 14.4. The van der Waals surface area contributed by atoms with E-state index >= 15 is 0 Å². The number of ketones is 1. The molecule has 0 aliphatic heterocycles. The number of fused-ring (bicyclic) bond motifs is 2. The third-order valence-corrected chi connectivity index (χ3v) is 4.25. The van der Waals surface area contributed by atoms with E-state index in [-0.39, 0.29) is 5.78 Å². The molecule has 0 spiro atoms. The van der Waals surface area contributed by atoms with Crippen molar-refractivity contribution in [2.24, 2.45) is 0 Å². The van der Waals surface area contributed by atoms with Gasteiger partial charge < -0.3 is 4.57 Å². The van der Waals surface area contributed by atoms with Crippen LogP contribution in [-0.4, -0.2) is 15.3 Å².